The van der Waals surface area contributed by atoms with Gasteiger partial charge in [-0.05, 0) is 12.0 Å². The molecule has 0 amide bonds. The van der Waals surface area contributed by atoms with Gasteiger partial charge in [-0.1, -0.05) is 13.8 Å². The van der Waals surface area contributed by atoms with Gasteiger partial charge in [0.2, 0.25) is 5.95 Å². The lowest BCUT2D eigenvalue weighted by atomic mass is 10.2. The predicted octanol–water partition coefficient (Wildman–Crippen LogP) is 0.433. The topological polar surface area (TPSA) is 112 Å². The van der Waals surface area contributed by atoms with Crippen LogP contribution in [-0.4, -0.2) is 50.1 Å². The molecule has 0 saturated carbocycles. The van der Waals surface area contributed by atoms with Crippen molar-refractivity contribution < 1.29 is 14.9 Å². The van der Waals surface area contributed by atoms with Gasteiger partial charge in [0.25, 0.3) is 5.56 Å². The van der Waals surface area contributed by atoms with E-state index in [9.17, 15) is 15.0 Å². The lowest BCUT2D eigenvalue weighted by molar-refractivity contribution is -0.0430. The van der Waals surface area contributed by atoms with Crippen LogP contribution in [0.15, 0.2) is 17.1 Å². The minimum absolute atomic E-state index is 0.225. The highest BCUT2D eigenvalue weighted by molar-refractivity contribution is 5.76. The van der Waals surface area contributed by atoms with Crippen molar-refractivity contribution in [1.29, 1.82) is 0 Å². The fourth-order valence-electron chi connectivity index (χ4n) is 2.71. The molecule has 2 aromatic rings. The molecule has 126 valence electrons. The number of nitrogens with one attached hydrogen (secondary N) is 2. The summed E-state index contributed by atoms with van der Waals surface area (Å²) in [5.41, 5.74) is 0.271. The molecular weight excluding hydrogens is 300 g/mol. The van der Waals surface area contributed by atoms with Crippen LogP contribution in [0.4, 0.5) is 5.95 Å². The quantitative estimate of drug-likeness (QED) is 0.635. The molecule has 3 rings (SSSR count). The number of hydrogen-bond acceptors (Lipinski definition) is 6. The zero-order valence-corrected chi connectivity index (χ0v) is 13.2. The first-order chi connectivity index (χ1) is 11.0. The first-order valence-electron chi connectivity index (χ1n) is 7.78. The average Bonchev–Trinajstić information content (AvgIpc) is 3.08. The van der Waals surface area contributed by atoms with Crippen LogP contribution in [-0.2, 0) is 4.74 Å². The summed E-state index contributed by atoms with van der Waals surface area (Å²) in [4.78, 5) is 19.4. The van der Waals surface area contributed by atoms with Gasteiger partial charge in [-0.25, -0.2) is 0 Å². The number of hydrogen-bond donors (Lipinski definition) is 4. The molecular formula is C15H22N4O4. The second-order valence-corrected chi connectivity index (χ2v) is 6.26. The summed E-state index contributed by atoms with van der Waals surface area (Å²) >= 11 is 0. The van der Waals surface area contributed by atoms with E-state index < -0.39 is 18.4 Å². The van der Waals surface area contributed by atoms with Gasteiger partial charge < -0.3 is 24.8 Å². The van der Waals surface area contributed by atoms with E-state index in [1.54, 1.807) is 16.8 Å². The van der Waals surface area contributed by atoms with E-state index in [0.717, 1.165) is 0 Å². The number of ether oxygens (including phenoxy) is 1. The number of aliphatic hydroxyl groups is 2. The Bertz CT molecular complexity index is 739. The van der Waals surface area contributed by atoms with Crippen LogP contribution in [0.2, 0.25) is 0 Å². The number of rotatable bonds is 5. The SMILES string of the molecule is CC(C)CNc1nc2c(ccn2[C@H]2C[C@H](O)[C@@H](CO)O2)c(=O)[nH]1. The van der Waals surface area contributed by atoms with E-state index in [4.69, 9.17) is 4.74 Å². The van der Waals surface area contributed by atoms with Gasteiger partial charge in [0.05, 0.1) is 18.1 Å². The number of fused-ring (bicyclic) bond motifs is 1. The summed E-state index contributed by atoms with van der Waals surface area (Å²) in [6, 6.07) is 1.68. The van der Waals surface area contributed by atoms with Gasteiger partial charge in [0, 0.05) is 19.2 Å². The predicted molar refractivity (Wildman–Crippen MR) is 85.3 cm³/mol. The Kier molecular flexibility index (Phi) is 4.38. The third-order valence-corrected chi connectivity index (χ3v) is 3.95. The van der Waals surface area contributed by atoms with Crippen LogP contribution in [0.25, 0.3) is 11.0 Å². The lowest BCUT2D eigenvalue weighted by Gasteiger charge is -2.15. The molecule has 1 saturated heterocycles. The fourth-order valence-corrected chi connectivity index (χ4v) is 2.71. The van der Waals surface area contributed by atoms with Crippen molar-refractivity contribution in [3.05, 3.63) is 22.6 Å². The molecule has 0 spiro atoms. The molecule has 0 aliphatic carbocycles. The Hall–Kier alpha value is -1.90. The molecule has 1 aliphatic heterocycles. The number of aromatic nitrogens is 3. The minimum Gasteiger partial charge on any atom is -0.394 e. The normalized spacial score (nSPS) is 24.7. The summed E-state index contributed by atoms with van der Waals surface area (Å²) in [5.74, 6) is 0.829. The molecule has 8 nitrogen and oxygen atoms in total. The van der Waals surface area contributed by atoms with Crippen molar-refractivity contribution in [2.75, 3.05) is 18.5 Å². The molecule has 23 heavy (non-hydrogen) atoms. The Morgan fingerprint density at radius 3 is 3.00 bits per heavy atom. The Balaban J connectivity index is 1.94. The second kappa shape index (κ2) is 6.31. The van der Waals surface area contributed by atoms with Crippen molar-refractivity contribution in [3.8, 4) is 0 Å². The molecule has 0 unspecified atom stereocenters. The summed E-state index contributed by atoms with van der Waals surface area (Å²) in [7, 11) is 0. The van der Waals surface area contributed by atoms with Crippen LogP contribution in [0, 0.1) is 5.92 Å². The number of aliphatic hydroxyl groups excluding tert-OH is 2. The highest BCUT2D eigenvalue weighted by atomic mass is 16.5. The molecule has 1 aliphatic rings. The highest BCUT2D eigenvalue weighted by Crippen LogP contribution is 2.30. The van der Waals surface area contributed by atoms with Gasteiger partial charge in [-0.3, -0.25) is 9.78 Å². The summed E-state index contributed by atoms with van der Waals surface area (Å²) in [6.45, 7) is 4.58. The highest BCUT2D eigenvalue weighted by Gasteiger charge is 2.35. The maximum Gasteiger partial charge on any atom is 0.261 e. The third-order valence-electron chi connectivity index (χ3n) is 3.95. The van der Waals surface area contributed by atoms with Crippen molar-refractivity contribution in [3.63, 3.8) is 0 Å². The minimum atomic E-state index is -0.733. The van der Waals surface area contributed by atoms with Crippen LogP contribution in [0.3, 0.4) is 0 Å². The van der Waals surface area contributed by atoms with E-state index in [1.165, 1.54) is 0 Å². The largest absolute Gasteiger partial charge is 0.394 e. The number of H-pyrrole nitrogens is 1. The first-order valence-corrected chi connectivity index (χ1v) is 7.78. The number of nitrogens with zero attached hydrogens (tertiary/aromatic N) is 2. The Labute approximate surface area is 133 Å². The van der Waals surface area contributed by atoms with E-state index >= 15 is 0 Å². The zero-order valence-electron chi connectivity index (χ0n) is 13.2. The third kappa shape index (κ3) is 3.10. The average molecular weight is 322 g/mol. The molecule has 0 bridgehead atoms. The van der Waals surface area contributed by atoms with Crippen molar-refractivity contribution in [2.24, 2.45) is 5.92 Å². The number of anilines is 1. The summed E-state index contributed by atoms with van der Waals surface area (Å²) in [5, 5.41) is 22.7. The van der Waals surface area contributed by atoms with Crippen molar-refractivity contribution >= 4 is 17.0 Å². The van der Waals surface area contributed by atoms with E-state index in [2.05, 4.69) is 29.1 Å². The molecule has 4 N–H and O–H groups in total. The molecule has 2 aromatic heterocycles. The Morgan fingerprint density at radius 1 is 1.57 bits per heavy atom. The van der Waals surface area contributed by atoms with Gasteiger partial charge in [0.15, 0.2) is 5.65 Å². The summed E-state index contributed by atoms with van der Waals surface area (Å²) in [6.07, 6.45) is 0.266. The van der Waals surface area contributed by atoms with Gasteiger partial charge >= 0.3 is 0 Å². The van der Waals surface area contributed by atoms with E-state index in [-0.39, 0.29) is 12.2 Å². The fraction of sp³-hybridized carbons (Fsp3) is 0.600. The van der Waals surface area contributed by atoms with Gasteiger partial charge in [0.1, 0.15) is 12.3 Å². The standard InChI is InChI=1S/C15H22N4O4/c1-8(2)6-16-15-17-13-9(14(22)18-15)3-4-19(13)12-5-10(21)11(7-20)23-12/h3-4,8,10-12,20-21H,5-7H2,1-2H3,(H2,16,17,18,22)/t10-,11+,12+/m0/s1. The lowest BCUT2D eigenvalue weighted by Crippen LogP contribution is -2.24. The molecule has 3 atom stereocenters. The van der Waals surface area contributed by atoms with Crippen molar-refractivity contribution in [2.45, 2.75) is 38.7 Å². The zero-order chi connectivity index (χ0) is 16.6. The molecule has 0 aromatic carbocycles. The van der Waals surface area contributed by atoms with Gasteiger partial charge in [-0.15, -0.1) is 0 Å². The molecule has 8 heteroatoms. The van der Waals surface area contributed by atoms with Crippen LogP contribution < -0.4 is 10.9 Å². The second-order valence-electron chi connectivity index (χ2n) is 6.26. The van der Waals surface area contributed by atoms with Gasteiger partial charge in [-0.2, -0.15) is 4.98 Å². The monoisotopic (exact) mass is 322 g/mol. The summed E-state index contributed by atoms with van der Waals surface area (Å²) < 4.78 is 7.37. The maximum absolute atomic E-state index is 12.2. The first kappa shape index (κ1) is 16.0. The Morgan fingerprint density at radius 2 is 2.35 bits per heavy atom. The smallest absolute Gasteiger partial charge is 0.261 e. The molecule has 1 fully saturated rings. The van der Waals surface area contributed by atoms with Crippen LogP contribution in [0.5, 0.6) is 0 Å². The van der Waals surface area contributed by atoms with Crippen LogP contribution >= 0.6 is 0 Å². The van der Waals surface area contributed by atoms with E-state index in [1.807, 2.05) is 0 Å². The molecule has 3 heterocycles. The van der Waals surface area contributed by atoms with Crippen molar-refractivity contribution in [1.82, 2.24) is 14.5 Å². The maximum atomic E-state index is 12.2. The molecule has 0 radical (unpaired) electrons. The number of aromatic amines is 1. The van der Waals surface area contributed by atoms with Crippen LogP contribution in [0.1, 0.15) is 26.5 Å². The van der Waals surface area contributed by atoms with E-state index in [0.29, 0.717) is 35.9 Å².